The van der Waals surface area contributed by atoms with Crippen molar-refractivity contribution in [2.45, 2.75) is 6.54 Å². The number of rotatable bonds is 3. The molecule has 0 saturated heterocycles. The average Bonchev–Trinajstić information content (AvgIpc) is 2.84. The van der Waals surface area contributed by atoms with Crippen LogP contribution in [0, 0.1) is 0 Å². The molecule has 2 aromatic rings. The molecule has 0 atom stereocenters. The molecule has 0 aliphatic rings. The van der Waals surface area contributed by atoms with Crippen molar-refractivity contribution in [1.29, 1.82) is 0 Å². The summed E-state index contributed by atoms with van der Waals surface area (Å²) >= 11 is 12.0. The number of amides is 1. The highest BCUT2D eigenvalue weighted by Crippen LogP contribution is 2.22. The highest BCUT2D eigenvalue weighted by Gasteiger charge is 2.08. The van der Waals surface area contributed by atoms with E-state index < -0.39 is 0 Å². The van der Waals surface area contributed by atoms with Crippen LogP contribution in [0.25, 0.3) is 0 Å². The molecule has 0 fully saturated rings. The Balaban J connectivity index is 1.93. The molecule has 0 spiro atoms. The normalized spacial score (nSPS) is 10.4. The van der Waals surface area contributed by atoms with Crippen LogP contribution in [-0.4, -0.2) is 5.91 Å². The molecule has 0 aromatic carbocycles. The van der Waals surface area contributed by atoms with Gasteiger partial charge in [0.05, 0.1) is 15.8 Å². The molecule has 84 valence electrons. The van der Waals surface area contributed by atoms with Gasteiger partial charge in [0.15, 0.2) is 0 Å². The van der Waals surface area contributed by atoms with Gasteiger partial charge < -0.3 is 5.32 Å². The average molecular weight is 337 g/mol. The summed E-state index contributed by atoms with van der Waals surface area (Å²) in [5.41, 5.74) is 0. The Labute approximate surface area is 114 Å². The van der Waals surface area contributed by atoms with Crippen molar-refractivity contribution in [1.82, 2.24) is 5.32 Å². The second-order valence-corrected chi connectivity index (χ2v) is 6.64. The van der Waals surface area contributed by atoms with Gasteiger partial charge in [0.2, 0.25) is 0 Å². The lowest BCUT2D eigenvalue weighted by molar-refractivity contribution is 0.0955. The number of hydrogen-bond acceptors (Lipinski definition) is 3. The fourth-order valence-corrected chi connectivity index (χ4v) is 3.49. The van der Waals surface area contributed by atoms with Gasteiger partial charge in [-0.05, 0) is 34.1 Å². The first-order valence-electron chi connectivity index (χ1n) is 4.41. The van der Waals surface area contributed by atoms with E-state index >= 15 is 0 Å². The number of nitrogens with one attached hydrogen (secondary N) is 1. The lowest BCUT2D eigenvalue weighted by Gasteiger charge is -2.00. The maximum Gasteiger partial charge on any atom is 0.261 e. The van der Waals surface area contributed by atoms with E-state index in [0.717, 1.165) is 9.35 Å². The molecule has 2 aromatic heterocycles. The van der Waals surface area contributed by atoms with Crippen LogP contribution < -0.4 is 5.32 Å². The van der Waals surface area contributed by atoms with Crippen molar-refractivity contribution < 1.29 is 4.79 Å². The summed E-state index contributed by atoms with van der Waals surface area (Å²) in [6.45, 7) is 0.546. The van der Waals surface area contributed by atoms with Crippen LogP contribution in [0.2, 0.25) is 4.34 Å². The molecule has 0 bridgehead atoms. The van der Waals surface area contributed by atoms with Crippen molar-refractivity contribution in [3.8, 4) is 0 Å². The van der Waals surface area contributed by atoms with Crippen LogP contribution in [-0.2, 0) is 6.54 Å². The molecule has 1 N–H and O–H groups in total. The second kappa shape index (κ2) is 5.31. The zero-order valence-corrected chi connectivity index (χ0v) is 12.0. The van der Waals surface area contributed by atoms with E-state index in [4.69, 9.17) is 11.6 Å². The predicted molar refractivity (Wildman–Crippen MR) is 72.5 cm³/mol. The van der Waals surface area contributed by atoms with E-state index in [1.165, 1.54) is 11.3 Å². The number of hydrogen-bond donors (Lipinski definition) is 1. The molecule has 0 saturated carbocycles. The summed E-state index contributed by atoms with van der Waals surface area (Å²) in [7, 11) is 0. The molecule has 0 aliphatic carbocycles. The van der Waals surface area contributed by atoms with Gasteiger partial charge in [0.1, 0.15) is 0 Å². The van der Waals surface area contributed by atoms with E-state index in [-0.39, 0.29) is 5.91 Å². The van der Waals surface area contributed by atoms with E-state index in [9.17, 15) is 4.79 Å². The molecule has 2 nitrogen and oxygen atoms in total. The summed E-state index contributed by atoms with van der Waals surface area (Å²) < 4.78 is 1.67. The van der Waals surface area contributed by atoms with Crippen molar-refractivity contribution in [2.75, 3.05) is 0 Å². The Morgan fingerprint density at radius 2 is 2.31 bits per heavy atom. The minimum atomic E-state index is -0.0820. The molecule has 1 amide bonds. The predicted octanol–water partition coefficient (Wildman–Crippen LogP) is 4.16. The van der Waals surface area contributed by atoms with Gasteiger partial charge in [0, 0.05) is 14.7 Å². The highest BCUT2D eigenvalue weighted by atomic mass is 79.9. The van der Waals surface area contributed by atoms with Crippen molar-refractivity contribution >= 4 is 56.1 Å². The number of halogens is 2. The lowest BCUT2D eigenvalue weighted by atomic mass is 10.4. The molecule has 0 unspecified atom stereocenters. The molecule has 0 radical (unpaired) electrons. The SMILES string of the molecule is O=C(NCc1cc(Br)cs1)c1ccc(Cl)s1. The maximum atomic E-state index is 11.7. The maximum absolute atomic E-state index is 11.7. The third kappa shape index (κ3) is 3.07. The second-order valence-electron chi connectivity index (χ2n) is 3.02. The van der Waals surface area contributed by atoms with Gasteiger partial charge in [0.25, 0.3) is 5.91 Å². The Morgan fingerprint density at radius 1 is 1.50 bits per heavy atom. The van der Waals surface area contributed by atoms with Gasteiger partial charge in [-0.15, -0.1) is 22.7 Å². The summed E-state index contributed by atoms with van der Waals surface area (Å²) in [4.78, 5) is 13.4. The quantitative estimate of drug-likeness (QED) is 0.896. The minimum absolute atomic E-state index is 0.0820. The lowest BCUT2D eigenvalue weighted by Crippen LogP contribution is -2.21. The van der Waals surface area contributed by atoms with Crippen LogP contribution in [0.3, 0.4) is 0 Å². The van der Waals surface area contributed by atoms with E-state index in [1.807, 2.05) is 11.4 Å². The Hall–Kier alpha value is -0.360. The number of carbonyl (C=O) groups excluding carboxylic acids is 1. The van der Waals surface area contributed by atoms with E-state index in [1.54, 1.807) is 23.5 Å². The van der Waals surface area contributed by atoms with Crippen LogP contribution in [0.5, 0.6) is 0 Å². The van der Waals surface area contributed by atoms with E-state index in [2.05, 4.69) is 21.2 Å². The topological polar surface area (TPSA) is 29.1 Å². The molecular formula is C10H7BrClNOS2. The Bertz CT molecular complexity index is 508. The molecule has 2 heterocycles. The van der Waals surface area contributed by atoms with Crippen molar-refractivity contribution in [3.05, 3.63) is 42.1 Å². The molecular weight excluding hydrogens is 330 g/mol. The minimum Gasteiger partial charge on any atom is -0.346 e. The monoisotopic (exact) mass is 335 g/mol. The standard InChI is InChI=1S/C10H7BrClNOS2/c11-6-3-7(15-5-6)4-13-10(14)8-1-2-9(12)16-8/h1-3,5H,4H2,(H,13,14). The molecule has 2 rings (SSSR count). The van der Waals surface area contributed by atoms with Crippen molar-refractivity contribution in [2.24, 2.45) is 0 Å². The number of thiophene rings is 2. The summed E-state index contributed by atoms with van der Waals surface area (Å²) in [5.74, 6) is -0.0820. The largest absolute Gasteiger partial charge is 0.346 e. The Morgan fingerprint density at radius 3 is 2.88 bits per heavy atom. The first-order chi connectivity index (χ1) is 7.65. The van der Waals surface area contributed by atoms with Gasteiger partial charge >= 0.3 is 0 Å². The Kier molecular flexibility index (Phi) is 4.02. The fourth-order valence-electron chi connectivity index (χ4n) is 1.14. The summed E-state index contributed by atoms with van der Waals surface area (Å²) in [6, 6.07) is 5.45. The fraction of sp³-hybridized carbons (Fsp3) is 0.100. The first kappa shape index (κ1) is 12.1. The third-order valence-corrected chi connectivity index (χ3v) is 4.77. The van der Waals surface area contributed by atoms with Gasteiger partial charge in [-0.3, -0.25) is 4.79 Å². The van der Waals surface area contributed by atoms with Crippen LogP contribution in [0.4, 0.5) is 0 Å². The van der Waals surface area contributed by atoms with Gasteiger partial charge in [-0.2, -0.15) is 0 Å². The summed E-state index contributed by atoms with van der Waals surface area (Å²) in [6.07, 6.45) is 0. The number of carbonyl (C=O) groups is 1. The van der Waals surface area contributed by atoms with Crippen LogP contribution >= 0.6 is 50.2 Å². The zero-order valence-electron chi connectivity index (χ0n) is 8.00. The zero-order chi connectivity index (χ0) is 11.5. The molecule has 16 heavy (non-hydrogen) atoms. The molecule has 6 heteroatoms. The van der Waals surface area contributed by atoms with Crippen LogP contribution in [0.1, 0.15) is 14.5 Å². The highest BCUT2D eigenvalue weighted by molar-refractivity contribution is 9.10. The van der Waals surface area contributed by atoms with Crippen molar-refractivity contribution in [3.63, 3.8) is 0 Å². The van der Waals surface area contributed by atoms with Gasteiger partial charge in [-0.25, -0.2) is 0 Å². The van der Waals surface area contributed by atoms with E-state index in [0.29, 0.717) is 15.8 Å². The summed E-state index contributed by atoms with van der Waals surface area (Å²) in [5, 5.41) is 4.83. The third-order valence-electron chi connectivity index (χ3n) is 1.84. The smallest absolute Gasteiger partial charge is 0.261 e. The van der Waals surface area contributed by atoms with Crippen LogP contribution in [0.15, 0.2) is 28.1 Å². The first-order valence-corrected chi connectivity index (χ1v) is 7.28. The molecule has 0 aliphatic heterocycles. The van der Waals surface area contributed by atoms with Gasteiger partial charge in [-0.1, -0.05) is 11.6 Å².